The fraction of sp³-hybridized carbons (Fsp3) is 0.833. The molecule has 2 nitrogen and oxygen atoms in total. The van der Waals surface area contributed by atoms with Gasteiger partial charge in [0.15, 0.2) is 6.67 Å². The van der Waals surface area contributed by atoms with Crippen LogP contribution in [0.1, 0.15) is 6.42 Å². The lowest BCUT2D eigenvalue weighted by Crippen LogP contribution is -2.24. The molecule has 1 N–H and O–H groups in total. The smallest absolute Gasteiger partial charge is 0.307 e. The predicted molar refractivity (Wildman–Crippen MR) is 30.2 cm³/mol. The molecule has 1 aliphatic carbocycles. The number of rotatable bonds is 3. The van der Waals surface area contributed by atoms with Crippen molar-refractivity contribution in [1.82, 2.24) is 0 Å². The van der Waals surface area contributed by atoms with Gasteiger partial charge in [-0.3, -0.25) is 4.79 Å². The van der Waals surface area contributed by atoms with Gasteiger partial charge in [0, 0.05) is 5.92 Å². The van der Waals surface area contributed by atoms with Gasteiger partial charge in [-0.2, -0.15) is 0 Å². The van der Waals surface area contributed by atoms with E-state index in [-0.39, 0.29) is 6.42 Å². The van der Waals surface area contributed by atoms with Crippen LogP contribution in [0.4, 0.5) is 13.2 Å². The van der Waals surface area contributed by atoms with E-state index in [0.29, 0.717) is 0 Å². The Bertz CT molecular complexity index is 181. The Morgan fingerprint density at radius 1 is 1.64 bits per heavy atom. The molecule has 0 aromatic heterocycles. The van der Waals surface area contributed by atoms with Crippen LogP contribution >= 0.6 is 0 Å². The Balaban J connectivity index is 2.49. The maximum absolute atomic E-state index is 12.3. The monoisotopic (exact) mass is 168 g/mol. The number of carbonyl (C=O) groups is 1. The largest absolute Gasteiger partial charge is 0.481 e. The third-order valence-corrected chi connectivity index (χ3v) is 1.83. The summed E-state index contributed by atoms with van der Waals surface area (Å²) in [5.74, 6) is -7.03. The van der Waals surface area contributed by atoms with Crippen molar-refractivity contribution in [3.63, 3.8) is 0 Å². The maximum atomic E-state index is 12.3. The van der Waals surface area contributed by atoms with E-state index in [4.69, 9.17) is 5.11 Å². The molecule has 1 fully saturated rings. The molecule has 0 aliphatic heterocycles. The molecule has 11 heavy (non-hydrogen) atoms. The fourth-order valence-electron chi connectivity index (χ4n) is 1.03. The van der Waals surface area contributed by atoms with Crippen LogP contribution in [0, 0.1) is 11.8 Å². The van der Waals surface area contributed by atoms with E-state index in [0.717, 1.165) is 0 Å². The maximum Gasteiger partial charge on any atom is 0.307 e. The van der Waals surface area contributed by atoms with E-state index in [9.17, 15) is 18.0 Å². The molecular formula is C6H7F3O2. The molecule has 1 saturated carbocycles. The van der Waals surface area contributed by atoms with Crippen molar-refractivity contribution < 1.29 is 23.1 Å². The third-order valence-electron chi connectivity index (χ3n) is 1.83. The van der Waals surface area contributed by atoms with E-state index in [1.807, 2.05) is 0 Å². The molecule has 2 unspecified atom stereocenters. The Labute approximate surface area is 61.0 Å². The number of hydrogen-bond acceptors (Lipinski definition) is 1. The highest BCUT2D eigenvalue weighted by Gasteiger charge is 2.58. The summed E-state index contributed by atoms with van der Waals surface area (Å²) in [7, 11) is 0. The van der Waals surface area contributed by atoms with Gasteiger partial charge in [-0.25, -0.2) is 13.2 Å². The lowest BCUT2D eigenvalue weighted by molar-refractivity contribution is -0.140. The van der Waals surface area contributed by atoms with Crippen LogP contribution in [-0.2, 0) is 4.79 Å². The van der Waals surface area contributed by atoms with Crippen LogP contribution in [0.15, 0.2) is 0 Å². The molecule has 0 spiro atoms. The Hall–Kier alpha value is -0.740. The van der Waals surface area contributed by atoms with Crippen molar-refractivity contribution in [3.05, 3.63) is 0 Å². The Morgan fingerprint density at radius 3 is 2.45 bits per heavy atom. The Morgan fingerprint density at radius 2 is 2.18 bits per heavy atom. The van der Waals surface area contributed by atoms with Gasteiger partial charge in [0.1, 0.15) is 0 Å². The minimum atomic E-state index is -3.44. The van der Waals surface area contributed by atoms with Gasteiger partial charge in [0.25, 0.3) is 5.92 Å². The number of hydrogen-bond donors (Lipinski definition) is 1. The van der Waals surface area contributed by atoms with Crippen molar-refractivity contribution in [3.8, 4) is 0 Å². The highest BCUT2D eigenvalue weighted by atomic mass is 19.3. The average molecular weight is 168 g/mol. The van der Waals surface area contributed by atoms with Crippen LogP contribution in [-0.4, -0.2) is 23.7 Å². The standard InChI is InChI=1S/C6H7F3O2/c7-2-6(8,9)4-1-3(4)5(10)11/h3-4H,1-2H2,(H,10,11). The molecule has 1 rings (SSSR count). The number of aliphatic carboxylic acids is 1. The summed E-state index contributed by atoms with van der Waals surface area (Å²) in [4.78, 5) is 10.1. The first-order valence-corrected chi connectivity index (χ1v) is 3.15. The summed E-state index contributed by atoms with van der Waals surface area (Å²) in [6.45, 7) is -1.76. The van der Waals surface area contributed by atoms with Gasteiger partial charge in [-0.05, 0) is 6.42 Å². The minimum Gasteiger partial charge on any atom is -0.481 e. The molecule has 0 saturated heterocycles. The van der Waals surface area contributed by atoms with Crippen LogP contribution in [0.2, 0.25) is 0 Å². The summed E-state index contributed by atoms with van der Waals surface area (Å²) in [6.07, 6.45) is -0.105. The molecule has 0 heterocycles. The SMILES string of the molecule is O=C(O)C1CC1C(F)(F)CF. The van der Waals surface area contributed by atoms with Gasteiger partial charge in [0.05, 0.1) is 5.92 Å². The molecule has 0 radical (unpaired) electrons. The number of carboxylic acids is 1. The third kappa shape index (κ3) is 1.46. The lowest BCUT2D eigenvalue weighted by atomic mass is 10.2. The molecule has 0 bridgehead atoms. The molecule has 0 aromatic rings. The van der Waals surface area contributed by atoms with Crippen molar-refractivity contribution >= 4 is 5.97 Å². The topological polar surface area (TPSA) is 37.3 Å². The van der Waals surface area contributed by atoms with Crippen molar-refractivity contribution in [2.45, 2.75) is 12.3 Å². The first kappa shape index (κ1) is 8.36. The first-order valence-electron chi connectivity index (χ1n) is 3.15. The zero-order valence-electron chi connectivity index (χ0n) is 5.56. The highest BCUT2D eigenvalue weighted by molar-refractivity contribution is 5.73. The molecule has 0 amide bonds. The van der Waals surface area contributed by atoms with E-state index >= 15 is 0 Å². The second kappa shape index (κ2) is 2.39. The normalized spacial score (nSPS) is 30.1. The average Bonchev–Trinajstić information content (AvgIpc) is 2.65. The molecular weight excluding hydrogens is 161 g/mol. The number of halogens is 3. The van der Waals surface area contributed by atoms with Gasteiger partial charge in [-0.1, -0.05) is 0 Å². The van der Waals surface area contributed by atoms with Crippen LogP contribution in [0.3, 0.4) is 0 Å². The second-order valence-electron chi connectivity index (χ2n) is 2.68. The van der Waals surface area contributed by atoms with Gasteiger partial charge < -0.3 is 5.11 Å². The molecule has 5 heteroatoms. The predicted octanol–water partition coefficient (Wildman–Crippen LogP) is 1.31. The number of alkyl halides is 3. The molecule has 1 aliphatic rings. The minimum absolute atomic E-state index is 0.105. The van der Waals surface area contributed by atoms with E-state index in [1.165, 1.54) is 0 Å². The first-order chi connectivity index (χ1) is 4.99. The van der Waals surface area contributed by atoms with Crippen LogP contribution < -0.4 is 0 Å². The van der Waals surface area contributed by atoms with Gasteiger partial charge >= 0.3 is 5.97 Å². The molecule has 64 valence electrons. The summed E-state index contributed by atoms with van der Waals surface area (Å²) in [5, 5.41) is 8.23. The quantitative estimate of drug-likeness (QED) is 0.689. The Kier molecular flexibility index (Phi) is 1.82. The highest BCUT2D eigenvalue weighted by Crippen LogP contribution is 2.49. The van der Waals surface area contributed by atoms with Crippen molar-refractivity contribution in [2.75, 3.05) is 6.67 Å². The second-order valence-corrected chi connectivity index (χ2v) is 2.68. The van der Waals surface area contributed by atoms with Crippen LogP contribution in [0.5, 0.6) is 0 Å². The van der Waals surface area contributed by atoms with Crippen molar-refractivity contribution in [2.24, 2.45) is 11.8 Å². The van der Waals surface area contributed by atoms with E-state index in [1.54, 1.807) is 0 Å². The summed E-state index contributed by atoms with van der Waals surface area (Å²) < 4.78 is 36.2. The van der Waals surface area contributed by atoms with E-state index < -0.39 is 30.4 Å². The molecule has 2 atom stereocenters. The van der Waals surface area contributed by atoms with Gasteiger partial charge in [0.2, 0.25) is 0 Å². The summed E-state index contributed by atoms with van der Waals surface area (Å²) in [5.41, 5.74) is 0. The summed E-state index contributed by atoms with van der Waals surface area (Å²) >= 11 is 0. The zero-order valence-corrected chi connectivity index (χ0v) is 5.56. The van der Waals surface area contributed by atoms with E-state index in [2.05, 4.69) is 0 Å². The zero-order chi connectivity index (χ0) is 8.65. The van der Waals surface area contributed by atoms with Crippen LogP contribution in [0.25, 0.3) is 0 Å². The molecule has 0 aromatic carbocycles. The van der Waals surface area contributed by atoms with Gasteiger partial charge in [-0.15, -0.1) is 0 Å². The lowest BCUT2D eigenvalue weighted by Gasteiger charge is -2.09. The number of carboxylic acid groups (broad SMARTS) is 1. The fourth-order valence-corrected chi connectivity index (χ4v) is 1.03. The summed E-state index contributed by atoms with van der Waals surface area (Å²) in [6, 6.07) is 0. The van der Waals surface area contributed by atoms with Crippen molar-refractivity contribution in [1.29, 1.82) is 0 Å².